The number of sulfone groups is 1. The molecule has 1 N–H and O–H groups in total. The van der Waals surface area contributed by atoms with E-state index in [1.807, 2.05) is 13.0 Å². The number of thiophene rings is 1. The van der Waals surface area contributed by atoms with Crippen LogP contribution in [0.25, 0.3) is 0 Å². The van der Waals surface area contributed by atoms with Gasteiger partial charge in [0.2, 0.25) is 0 Å². The molecule has 26 heavy (non-hydrogen) atoms. The summed E-state index contributed by atoms with van der Waals surface area (Å²) < 4.78 is 25.2. The third-order valence-electron chi connectivity index (χ3n) is 4.63. The molecule has 1 amide bonds. The van der Waals surface area contributed by atoms with Gasteiger partial charge in [-0.1, -0.05) is 20.3 Å². The van der Waals surface area contributed by atoms with Crippen molar-refractivity contribution in [3.05, 3.63) is 33.1 Å². The number of nitrogens with zero attached hydrogens (tertiary/aromatic N) is 2. The molecule has 0 aromatic carbocycles. The number of amides is 1. The monoisotopic (exact) mass is 395 g/mol. The maximum absolute atomic E-state index is 12.7. The molecule has 6 nitrogen and oxygen atoms in total. The molecule has 8 heteroatoms. The second-order valence-corrected chi connectivity index (χ2v) is 10.2. The second-order valence-electron chi connectivity index (χ2n) is 6.79. The molecule has 2 aromatic heterocycles. The van der Waals surface area contributed by atoms with Crippen LogP contribution < -0.4 is 5.32 Å². The molecule has 1 fully saturated rings. The van der Waals surface area contributed by atoms with Crippen LogP contribution >= 0.6 is 11.3 Å². The van der Waals surface area contributed by atoms with Gasteiger partial charge in [0.25, 0.3) is 5.91 Å². The minimum Gasteiger partial charge on any atom is -0.306 e. The van der Waals surface area contributed by atoms with Crippen LogP contribution in [0.1, 0.15) is 58.5 Å². The van der Waals surface area contributed by atoms with Gasteiger partial charge >= 0.3 is 0 Å². The first-order valence-corrected chi connectivity index (χ1v) is 11.7. The fourth-order valence-electron chi connectivity index (χ4n) is 3.35. The molecule has 1 aliphatic rings. The number of aryl methyl sites for hydroxylation is 3. The van der Waals surface area contributed by atoms with Gasteiger partial charge in [-0.3, -0.25) is 4.79 Å². The van der Waals surface area contributed by atoms with Crippen molar-refractivity contribution in [1.29, 1.82) is 0 Å². The largest absolute Gasteiger partial charge is 0.306 e. The minimum atomic E-state index is -3.02. The second kappa shape index (κ2) is 7.52. The quantitative estimate of drug-likeness (QED) is 0.813. The lowest BCUT2D eigenvalue weighted by atomic mass is 10.1. The van der Waals surface area contributed by atoms with Gasteiger partial charge in [0, 0.05) is 10.9 Å². The first-order valence-electron chi connectivity index (χ1n) is 9.02. The summed E-state index contributed by atoms with van der Waals surface area (Å²) in [6.45, 7) is 6.08. The van der Waals surface area contributed by atoms with Gasteiger partial charge in [-0.25, -0.2) is 13.1 Å². The van der Waals surface area contributed by atoms with E-state index in [-0.39, 0.29) is 23.5 Å². The highest BCUT2D eigenvalue weighted by Gasteiger charge is 2.31. The lowest BCUT2D eigenvalue weighted by molar-refractivity contribution is 0.102. The van der Waals surface area contributed by atoms with Gasteiger partial charge in [-0.05, 0) is 37.8 Å². The molecule has 1 atom stereocenters. The van der Waals surface area contributed by atoms with Crippen LogP contribution in [-0.2, 0) is 22.7 Å². The van der Waals surface area contributed by atoms with Crippen molar-refractivity contribution in [1.82, 2.24) is 9.78 Å². The van der Waals surface area contributed by atoms with Crippen molar-refractivity contribution >= 4 is 32.9 Å². The highest BCUT2D eigenvalue weighted by molar-refractivity contribution is 7.91. The molecular formula is C18H25N3O3S2. The molecule has 3 heterocycles. The standard InChI is InChI=1S/C18H25N3O3S2/c1-4-6-15-13(5-2)10-16(25-15)18(22)19-17-9-12(3)20-21(17)14-7-8-26(23,24)11-14/h9-10,14H,4-8,11H2,1-3H3,(H,19,22)/t14-/m0/s1. The predicted molar refractivity (Wildman–Crippen MR) is 105 cm³/mol. The van der Waals surface area contributed by atoms with E-state index >= 15 is 0 Å². The van der Waals surface area contributed by atoms with Crippen LogP contribution in [0.15, 0.2) is 12.1 Å². The number of carbonyl (C=O) groups is 1. The Morgan fingerprint density at radius 3 is 2.77 bits per heavy atom. The molecular weight excluding hydrogens is 370 g/mol. The van der Waals surface area contributed by atoms with Crippen LogP contribution in [0.3, 0.4) is 0 Å². The Morgan fingerprint density at radius 1 is 1.38 bits per heavy atom. The van der Waals surface area contributed by atoms with E-state index in [4.69, 9.17) is 0 Å². The van der Waals surface area contributed by atoms with Crippen molar-refractivity contribution < 1.29 is 13.2 Å². The summed E-state index contributed by atoms with van der Waals surface area (Å²) in [4.78, 5) is 14.7. The van der Waals surface area contributed by atoms with Crippen molar-refractivity contribution in [3.63, 3.8) is 0 Å². The number of anilines is 1. The molecule has 3 rings (SSSR count). The Balaban J connectivity index is 1.82. The predicted octanol–water partition coefficient (Wildman–Crippen LogP) is 3.38. The van der Waals surface area contributed by atoms with E-state index in [0.29, 0.717) is 17.1 Å². The lowest BCUT2D eigenvalue weighted by Crippen LogP contribution is -2.19. The fraction of sp³-hybridized carbons (Fsp3) is 0.556. The van der Waals surface area contributed by atoms with Crippen LogP contribution in [0.5, 0.6) is 0 Å². The van der Waals surface area contributed by atoms with Crippen LogP contribution in [0.2, 0.25) is 0 Å². The maximum atomic E-state index is 12.7. The average molecular weight is 396 g/mol. The van der Waals surface area contributed by atoms with E-state index in [0.717, 1.165) is 25.0 Å². The van der Waals surface area contributed by atoms with E-state index in [2.05, 4.69) is 24.3 Å². The molecule has 0 saturated carbocycles. The van der Waals surface area contributed by atoms with Gasteiger partial charge < -0.3 is 5.32 Å². The number of hydrogen-bond acceptors (Lipinski definition) is 5. The Morgan fingerprint density at radius 2 is 2.15 bits per heavy atom. The van der Waals surface area contributed by atoms with Gasteiger partial charge in [-0.2, -0.15) is 5.10 Å². The van der Waals surface area contributed by atoms with Crippen molar-refractivity contribution in [2.24, 2.45) is 0 Å². The number of hydrogen-bond donors (Lipinski definition) is 1. The summed E-state index contributed by atoms with van der Waals surface area (Å²) in [6, 6.07) is 3.55. The summed E-state index contributed by atoms with van der Waals surface area (Å²) in [5.74, 6) is 0.665. The number of nitrogens with one attached hydrogen (secondary N) is 1. The third-order valence-corrected chi connectivity index (χ3v) is 7.62. The molecule has 1 aliphatic heterocycles. The first-order chi connectivity index (χ1) is 12.3. The SMILES string of the molecule is CCCc1sc(C(=O)Nc2cc(C)nn2[C@H]2CCS(=O)(=O)C2)cc1CC. The van der Waals surface area contributed by atoms with Gasteiger partial charge in [0.05, 0.1) is 28.1 Å². The summed E-state index contributed by atoms with van der Waals surface area (Å²) in [6.07, 6.45) is 3.48. The Bertz CT molecular complexity index is 912. The molecule has 0 spiro atoms. The Kier molecular flexibility index (Phi) is 5.53. The number of carbonyl (C=O) groups excluding carboxylic acids is 1. The van der Waals surface area contributed by atoms with E-state index in [1.54, 1.807) is 22.1 Å². The molecule has 0 unspecified atom stereocenters. The van der Waals surface area contributed by atoms with Crippen molar-refractivity contribution in [3.8, 4) is 0 Å². The third kappa shape index (κ3) is 4.01. The Labute approximate surface area is 158 Å². The highest BCUT2D eigenvalue weighted by Crippen LogP contribution is 2.29. The summed E-state index contributed by atoms with van der Waals surface area (Å²) >= 11 is 1.54. The van der Waals surface area contributed by atoms with E-state index in [9.17, 15) is 13.2 Å². The topological polar surface area (TPSA) is 81.1 Å². The van der Waals surface area contributed by atoms with Gasteiger partial charge in [0.1, 0.15) is 5.82 Å². The number of aromatic nitrogens is 2. The normalized spacial score (nSPS) is 19.0. The van der Waals surface area contributed by atoms with Gasteiger partial charge in [-0.15, -0.1) is 11.3 Å². The number of rotatable bonds is 6. The molecule has 2 aromatic rings. The van der Waals surface area contributed by atoms with Crippen molar-refractivity contribution in [2.75, 3.05) is 16.8 Å². The zero-order valence-corrected chi connectivity index (χ0v) is 17.0. The van der Waals surface area contributed by atoms with Crippen LogP contribution in [0.4, 0.5) is 5.82 Å². The van der Waals surface area contributed by atoms with Crippen LogP contribution in [-0.4, -0.2) is 35.6 Å². The van der Waals surface area contributed by atoms with E-state index in [1.165, 1.54) is 10.4 Å². The molecule has 142 valence electrons. The minimum absolute atomic E-state index is 0.0800. The van der Waals surface area contributed by atoms with E-state index < -0.39 is 9.84 Å². The molecule has 0 bridgehead atoms. The molecule has 0 aliphatic carbocycles. The zero-order chi connectivity index (χ0) is 18.9. The highest BCUT2D eigenvalue weighted by atomic mass is 32.2. The molecule has 1 saturated heterocycles. The summed E-state index contributed by atoms with van der Waals surface area (Å²) in [5.41, 5.74) is 1.99. The fourth-order valence-corrected chi connectivity index (χ4v) is 6.29. The first kappa shape index (κ1) is 19.1. The zero-order valence-electron chi connectivity index (χ0n) is 15.4. The molecule has 0 radical (unpaired) electrons. The summed E-state index contributed by atoms with van der Waals surface area (Å²) in [5, 5.41) is 7.35. The van der Waals surface area contributed by atoms with Crippen molar-refractivity contribution in [2.45, 2.75) is 52.5 Å². The smallest absolute Gasteiger partial charge is 0.266 e. The van der Waals surface area contributed by atoms with Crippen LogP contribution in [0, 0.1) is 6.92 Å². The average Bonchev–Trinajstić information content (AvgIpc) is 3.24. The van der Waals surface area contributed by atoms with Gasteiger partial charge in [0.15, 0.2) is 9.84 Å². The lowest BCUT2D eigenvalue weighted by Gasteiger charge is -2.13. The Hall–Kier alpha value is -1.67. The summed E-state index contributed by atoms with van der Waals surface area (Å²) in [7, 11) is -3.02. The maximum Gasteiger partial charge on any atom is 0.266 e.